The van der Waals surface area contributed by atoms with Gasteiger partial charge in [0.15, 0.2) is 0 Å². The molecule has 0 aliphatic heterocycles. The van der Waals surface area contributed by atoms with Crippen molar-refractivity contribution >= 4 is 11.6 Å². The molecule has 0 amide bonds. The summed E-state index contributed by atoms with van der Waals surface area (Å²) in [6.07, 6.45) is 4.67. The van der Waals surface area contributed by atoms with Crippen LogP contribution in [0, 0.1) is 13.8 Å². The van der Waals surface area contributed by atoms with Gasteiger partial charge in [-0.05, 0) is 76.4 Å². The van der Waals surface area contributed by atoms with E-state index < -0.39 is 0 Å². The van der Waals surface area contributed by atoms with E-state index >= 15 is 0 Å². The van der Waals surface area contributed by atoms with E-state index in [9.17, 15) is 0 Å². The summed E-state index contributed by atoms with van der Waals surface area (Å²) in [6.45, 7) is 5.07. The molecule has 2 rings (SSSR count). The third-order valence-electron chi connectivity index (χ3n) is 3.84. The van der Waals surface area contributed by atoms with Gasteiger partial charge in [-0.3, -0.25) is 0 Å². The monoisotopic (exact) mass is 267 g/mol. The number of rotatable bonds is 5. The number of hydrogen-bond donors (Lipinski definition) is 1. The van der Waals surface area contributed by atoms with Gasteiger partial charge >= 0.3 is 0 Å². The van der Waals surface area contributed by atoms with E-state index in [2.05, 4.69) is 17.4 Å². The van der Waals surface area contributed by atoms with Crippen molar-refractivity contribution in [2.45, 2.75) is 45.1 Å². The molecule has 0 bridgehead atoms. The molecule has 18 heavy (non-hydrogen) atoms. The lowest BCUT2D eigenvalue weighted by Gasteiger charge is -2.42. The summed E-state index contributed by atoms with van der Waals surface area (Å²) in [6, 6.07) is 4.10. The standard InChI is InChI=1S/C15H22ClNO/c1-11-9-13(10-12(2)14(11)16)18-15(5-4-6-15)7-8-17-3/h9-10,17H,4-8H2,1-3H3. The molecule has 1 aromatic rings. The Morgan fingerprint density at radius 2 is 1.89 bits per heavy atom. The van der Waals surface area contributed by atoms with Crippen LogP contribution >= 0.6 is 11.6 Å². The smallest absolute Gasteiger partial charge is 0.120 e. The Kier molecular flexibility index (Phi) is 4.18. The van der Waals surface area contributed by atoms with Gasteiger partial charge in [0.2, 0.25) is 0 Å². The van der Waals surface area contributed by atoms with Crippen molar-refractivity contribution < 1.29 is 4.74 Å². The van der Waals surface area contributed by atoms with Gasteiger partial charge in [0.25, 0.3) is 0 Å². The first-order valence-corrected chi connectivity index (χ1v) is 7.04. The van der Waals surface area contributed by atoms with Crippen molar-refractivity contribution in [2.24, 2.45) is 0 Å². The van der Waals surface area contributed by atoms with Gasteiger partial charge in [0, 0.05) is 5.02 Å². The Labute approximate surface area is 115 Å². The van der Waals surface area contributed by atoms with E-state index in [0.29, 0.717) is 0 Å². The molecule has 1 saturated carbocycles. The molecule has 1 N–H and O–H groups in total. The van der Waals surface area contributed by atoms with E-state index in [1.165, 1.54) is 6.42 Å². The Morgan fingerprint density at radius 3 is 2.33 bits per heavy atom. The zero-order valence-corrected chi connectivity index (χ0v) is 12.2. The third-order valence-corrected chi connectivity index (χ3v) is 4.44. The predicted molar refractivity (Wildman–Crippen MR) is 76.7 cm³/mol. The first-order chi connectivity index (χ1) is 8.56. The van der Waals surface area contributed by atoms with Gasteiger partial charge in [0.1, 0.15) is 11.4 Å². The first-order valence-electron chi connectivity index (χ1n) is 6.67. The second-order valence-electron chi connectivity index (χ2n) is 5.36. The summed E-state index contributed by atoms with van der Waals surface area (Å²) in [4.78, 5) is 0. The lowest BCUT2D eigenvalue weighted by Crippen LogP contribution is -2.45. The van der Waals surface area contributed by atoms with Crippen LogP contribution in [0.1, 0.15) is 36.8 Å². The number of ether oxygens (including phenoxy) is 1. The molecule has 3 heteroatoms. The molecular weight excluding hydrogens is 246 g/mol. The molecule has 0 radical (unpaired) electrons. The number of aryl methyl sites for hydroxylation is 2. The van der Waals surface area contributed by atoms with Crippen molar-refractivity contribution in [2.75, 3.05) is 13.6 Å². The van der Waals surface area contributed by atoms with Crippen molar-refractivity contribution in [3.8, 4) is 5.75 Å². The zero-order chi connectivity index (χ0) is 13.2. The van der Waals surface area contributed by atoms with E-state index in [1.807, 2.05) is 20.9 Å². The van der Waals surface area contributed by atoms with E-state index in [0.717, 1.165) is 47.7 Å². The van der Waals surface area contributed by atoms with Crippen molar-refractivity contribution in [1.82, 2.24) is 5.32 Å². The summed E-state index contributed by atoms with van der Waals surface area (Å²) < 4.78 is 6.26. The Morgan fingerprint density at radius 1 is 1.28 bits per heavy atom. The fourth-order valence-corrected chi connectivity index (χ4v) is 2.65. The lowest BCUT2D eigenvalue weighted by molar-refractivity contribution is -0.0139. The lowest BCUT2D eigenvalue weighted by atomic mass is 9.77. The SMILES string of the molecule is CNCCC1(Oc2cc(C)c(Cl)c(C)c2)CCC1. The largest absolute Gasteiger partial charge is 0.487 e. The highest BCUT2D eigenvalue weighted by molar-refractivity contribution is 6.32. The van der Waals surface area contributed by atoms with Gasteiger partial charge in [0.05, 0.1) is 0 Å². The predicted octanol–water partition coefficient (Wildman–Crippen LogP) is 3.87. The molecule has 1 aliphatic carbocycles. The minimum atomic E-state index is 0.0513. The van der Waals surface area contributed by atoms with Crippen LogP contribution in [0.4, 0.5) is 0 Å². The molecule has 0 spiro atoms. The van der Waals surface area contributed by atoms with Crippen LogP contribution in [0.5, 0.6) is 5.75 Å². The molecule has 0 unspecified atom stereocenters. The van der Waals surface area contributed by atoms with Crippen LogP contribution in [0.25, 0.3) is 0 Å². The van der Waals surface area contributed by atoms with Gasteiger partial charge < -0.3 is 10.1 Å². The fraction of sp³-hybridized carbons (Fsp3) is 0.600. The maximum atomic E-state index is 6.26. The second-order valence-corrected chi connectivity index (χ2v) is 5.74. The maximum Gasteiger partial charge on any atom is 0.120 e. The summed E-state index contributed by atoms with van der Waals surface area (Å²) in [5, 5.41) is 4.06. The molecule has 1 aliphatic rings. The van der Waals surface area contributed by atoms with Crippen molar-refractivity contribution in [1.29, 1.82) is 0 Å². The molecule has 1 fully saturated rings. The summed E-state index contributed by atoms with van der Waals surface area (Å²) >= 11 is 6.19. The first kappa shape index (κ1) is 13.7. The quantitative estimate of drug-likeness (QED) is 0.875. The summed E-state index contributed by atoms with van der Waals surface area (Å²) in [5.74, 6) is 0.963. The Bertz CT molecular complexity index is 403. The highest BCUT2D eigenvalue weighted by Crippen LogP contribution is 2.40. The average molecular weight is 268 g/mol. The molecule has 0 saturated heterocycles. The minimum Gasteiger partial charge on any atom is -0.487 e. The minimum absolute atomic E-state index is 0.0513. The number of hydrogen-bond acceptors (Lipinski definition) is 2. The van der Waals surface area contributed by atoms with Crippen molar-refractivity contribution in [3.63, 3.8) is 0 Å². The molecule has 2 nitrogen and oxygen atoms in total. The van der Waals surface area contributed by atoms with Crippen LogP contribution < -0.4 is 10.1 Å². The molecule has 0 heterocycles. The highest BCUT2D eigenvalue weighted by Gasteiger charge is 2.38. The molecule has 0 atom stereocenters. The molecule has 0 aromatic heterocycles. The van der Waals surface area contributed by atoms with Crippen LogP contribution in [-0.4, -0.2) is 19.2 Å². The Balaban J connectivity index is 2.12. The van der Waals surface area contributed by atoms with E-state index in [-0.39, 0.29) is 5.60 Å². The van der Waals surface area contributed by atoms with Gasteiger partial charge in [-0.15, -0.1) is 0 Å². The number of nitrogens with one attached hydrogen (secondary N) is 1. The second kappa shape index (κ2) is 5.50. The number of benzene rings is 1. The number of halogens is 1. The van der Waals surface area contributed by atoms with Gasteiger partial charge in [-0.2, -0.15) is 0 Å². The fourth-order valence-electron chi connectivity index (χ4n) is 2.54. The molecule has 1 aromatic carbocycles. The topological polar surface area (TPSA) is 21.3 Å². The van der Waals surface area contributed by atoms with E-state index in [1.54, 1.807) is 0 Å². The van der Waals surface area contributed by atoms with Crippen LogP contribution in [0.15, 0.2) is 12.1 Å². The average Bonchev–Trinajstić information content (AvgIpc) is 2.29. The summed E-state index contributed by atoms with van der Waals surface area (Å²) in [7, 11) is 1.99. The normalized spacial score (nSPS) is 17.3. The Hall–Kier alpha value is -0.730. The van der Waals surface area contributed by atoms with Crippen LogP contribution in [-0.2, 0) is 0 Å². The summed E-state index contributed by atoms with van der Waals surface area (Å²) in [5.41, 5.74) is 2.24. The molecular formula is C15H22ClNO. The maximum absolute atomic E-state index is 6.26. The van der Waals surface area contributed by atoms with Crippen LogP contribution in [0.2, 0.25) is 5.02 Å². The van der Waals surface area contributed by atoms with Gasteiger partial charge in [-0.25, -0.2) is 0 Å². The molecule has 100 valence electrons. The third kappa shape index (κ3) is 2.81. The zero-order valence-electron chi connectivity index (χ0n) is 11.5. The highest BCUT2D eigenvalue weighted by atomic mass is 35.5. The van der Waals surface area contributed by atoms with E-state index in [4.69, 9.17) is 16.3 Å². The van der Waals surface area contributed by atoms with Gasteiger partial charge in [-0.1, -0.05) is 11.6 Å². The van der Waals surface area contributed by atoms with Crippen LogP contribution in [0.3, 0.4) is 0 Å². The van der Waals surface area contributed by atoms with Crippen molar-refractivity contribution in [3.05, 3.63) is 28.3 Å².